The van der Waals surface area contributed by atoms with Crippen LogP contribution in [-0.2, 0) is 0 Å². The van der Waals surface area contributed by atoms with E-state index >= 15 is 0 Å². The summed E-state index contributed by atoms with van der Waals surface area (Å²) in [4.78, 5) is 31.6. The van der Waals surface area contributed by atoms with E-state index in [1.165, 1.54) is 6.07 Å². The lowest BCUT2D eigenvalue weighted by Gasteiger charge is -2.42. The zero-order valence-corrected chi connectivity index (χ0v) is 24.7. The standard InChI is InChI=1S/C29H41N3O4Si/c1-10-25-14-24(23-12-11-22(9)30-16-23)17-31(25)29(33)26-13-21(8)28(15-27(26)32(34)35)36-37(18(2)3,19(4)5)20(6)7/h11-13,15-20,25H,10,14H2,1-9H3/t25-/m1/s1. The van der Waals surface area contributed by atoms with Crippen molar-refractivity contribution in [1.82, 2.24) is 9.88 Å². The average molecular weight is 524 g/mol. The summed E-state index contributed by atoms with van der Waals surface area (Å²) in [6.45, 7) is 18.9. The summed E-state index contributed by atoms with van der Waals surface area (Å²) < 4.78 is 6.79. The molecule has 0 saturated carbocycles. The third-order valence-electron chi connectivity index (χ3n) is 7.85. The summed E-state index contributed by atoms with van der Waals surface area (Å²) in [5, 5.41) is 12.2. The minimum absolute atomic E-state index is 0.0671. The predicted octanol–water partition coefficient (Wildman–Crippen LogP) is 7.83. The second-order valence-electron chi connectivity index (χ2n) is 11.1. The molecule has 0 aliphatic carbocycles. The predicted molar refractivity (Wildman–Crippen MR) is 151 cm³/mol. The number of pyridine rings is 1. The number of hydrogen-bond donors (Lipinski definition) is 0. The van der Waals surface area contributed by atoms with Crippen molar-refractivity contribution in [3.05, 3.63) is 69.2 Å². The van der Waals surface area contributed by atoms with Crippen LogP contribution in [0.1, 0.15) is 88.5 Å². The number of nitro groups is 1. The molecular formula is C29H41N3O4Si. The molecule has 7 nitrogen and oxygen atoms in total. The quantitative estimate of drug-likeness (QED) is 0.190. The number of amides is 1. The van der Waals surface area contributed by atoms with Crippen molar-refractivity contribution in [2.45, 2.75) is 97.8 Å². The van der Waals surface area contributed by atoms with Crippen molar-refractivity contribution in [1.29, 1.82) is 0 Å². The number of benzene rings is 1. The topological polar surface area (TPSA) is 85.6 Å². The van der Waals surface area contributed by atoms with Crippen LogP contribution in [0.4, 0.5) is 5.69 Å². The van der Waals surface area contributed by atoms with Crippen LogP contribution < -0.4 is 4.43 Å². The molecule has 0 unspecified atom stereocenters. The summed E-state index contributed by atoms with van der Waals surface area (Å²) in [5.74, 6) is 0.157. The van der Waals surface area contributed by atoms with Gasteiger partial charge in [-0.05, 0) is 72.1 Å². The number of rotatable bonds is 9. The minimum Gasteiger partial charge on any atom is -0.542 e. The molecule has 0 N–H and O–H groups in total. The van der Waals surface area contributed by atoms with Gasteiger partial charge in [-0.3, -0.25) is 19.9 Å². The molecule has 2 aromatic rings. The first kappa shape index (κ1) is 28.6. The summed E-state index contributed by atoms with van der Waals surface area (Å²) >= 11 is 0. The zero-order chi connectivity index (χ0) is 27.7. The van der Waals surface area contributed by atoms with Gasteiger partial charge in [-0.1, -0.05) is 54.5 Å². The highest BCUT2D eigenvalue weighted by Crippen LogP contribution is 2.44. The lowest BCUT2D eigenvalue weighted by Crippen LogP contribution is -2.50. The molecule has 2 heterocycles. The van der Waals surface area contributed by atoms with Gasteiger partial charge >= 0.3 is 0 Å². The SMILES string of the molecule is CC[C@@H]1CC(c2ccc(C)nc2)=CN1C(=O)c1cc(C)c(O[Si](C(C)C)(C(C)C)C(C)C)cc1[N+](=O)[O-]. The van der Waals surface area contributed by atoms with E-state index in [1.807, 2.05) is 45.3 Å². The van der Waals surface area contributed by atoms with Crippen molar-refractivity contribution < 1.29 is 14.1 Å². The van der Waals surface area contributed by atoms with E-state index in [4.69, 9.17) is 4.43 Å². The van der Waals surface area contributed by atoms with Crippen LogP contribution in [0.3, 0.4) is 0 Å². The Balaban J connectivity index is 2.05. The maximum Gasteiger partial charge on any atom is 0.285 e. The van der Waals surface area contributed by atoms with Crippen LogP contribution in [0.15, 0.2) is 36.7 Å². The van der Waals surface area contributed by atoms with Crippen LogP contribution in [0.5, 0.6) is 5.75 Å². The van der Waals surface area contributed by atoms with Crippen molar-refractivity contribution in [2.24, 2.45) is 0 Å². The van der Waals surface area contributed by atoms with Crippen molar-refractivity contribution in [3.8, 4) is 5.75 Å². The number of aryl methyl sites for hydroxylation is 2. The second kappa shape index (κ2) is 11.2. The Hall–Kier alpha value is -3.00. The van der Waals surface area contributed by atoms with Crippen LogP contribution in [0.2, 0.25) is 16.6 Å². The number of carbonyl (C=O) groups is 1. The molecule has 1 aromatic carbocycles. The van der Waals surface area contributed by atoms with Crippen LogP contribution >= 0.6 is 0 Å². The first-order chi connectivity index (χ1) is 17.3. The third-order valence-corrected chi connectivity index (χ3v) is 13.8. The first-order valence-electron chi connectivity index (χ1n) is 13.3. The van der Waals surface area contributed by atoms with Crippen molar-refractivity contribution in [3.63, 3.8) is 0 Å². The van der Waals surface area contributed by atoms with Gasteiger partial charge in [0.05, 0.1) is 11.0 Å². The van der Waals surface area contributed by atoms with E-state index in [1.54, 1.807) is 11.0 Å². The zero-order valence-electron chi connectivity index (χ0n) is 23.7. The van der Waals surface area contributed by atoms with E-state index in [0.29, 0.717) is 28.8 Å². The summed E-state index contributed by atoms with van der Waals surface area (Å²) in [6.07, 6.45) is 5.08. The fourth-order valence-corrected chi connectivity index (χ4v) is 11.2. The number of nitrogens with zero attached hydrogens (tertiary/aromatic N) is 3. The molecule has 0 bridgehead atoms. The molecular weight excluding hydrogens is 482 g/mol. The highest BCUT2D eigenvalue weighted by Gasteiger charge is 2.47. The maximum absolute atomic E-state index is 13.8. The Morgan fingerprint density at radius 1 is 1.14 bits per heavy atom. The molecule has 1 aromatic heterocycles. The van der Waals surface area contributed by atoms with Crippen molar-refractivity contribution in [2.75, 3.05) is 0 Å². The number of aromatic nitrogens is 1. The molecule has 8 heteroatoms. The highest BCUT2D eigenvalue weighted by atomic mass is 28.4. The molecule has 1 amide bonds. The van der Waals surface area contributed by atoms with E-state index < -0.39 is 13.2 Å². The minimum atomic E-state index is -2.33. The van der Waals surface area contributed by atoms with Gasteiger partial charge in [0.15, 0.2) is 0 Å². The molecule has 1 aliphatic heterocycles. The van der Waals surface area contributed by atoms with Crippen LogP contribution in [0.25, 0.3) is 5.57 Å². The average Bonchev–Trinajstić information content (AvgIpc) is 3.26. The molecule has 0 radical (unpaired) electrons. The summed E-state index contributed by atoms with van der Waals surface area (Å²) in [7, 11) is -2.33. The largest absolute Gasteiger partial charge is 0.542 e. The van der Waals surface area contributed by atoms with Crippen LogP contribution in [0, 0.1) is 24.0 Å². The van der Waals surface area contributed by atoms with Gasteiger partial charge in [0.2, 0.25) is 0 Å². The number of hydrogen-bond acceptors (Lipinski definition) is 5. The highest BCUT2D eigenvalue weighted by molar-refractivity contribution is 6.78. The van der Waals surface area contributed by atoms with Gasteiger partial charge in [0.1, 0.15) is 11.3 Å². The van der Waals surface area contributed by atoms with E-state index in [2.05, 4.69) is 46.5 Å². The lowest BCUT2D eigenvalue weighted by atomic mass is 10.0. The molecule has 1 aliphatic rings. The maximum atomic E-state index is 13.8. The third kappa shape index (κ3) is 5.49. The molecule has 1 atom stereocenters. The molecule has 0 fully saturated rings. The summed E-state index contributed by atoms with van der Waals surface area (Å²) in [5.41, 5.74) is 4.49. The monoisotopic (exact) mass is 523 g/mol. The molecule has 0 spiro atoms. The van der Waals surface area contributed by atoms with Gasteiger partial charge in [-0.15, -0.1) is 0 Å². The van der Waals surface area contributed by atoms with E-state index in [-0.39, 0.29) is 23.2 Å². The lowest BCUT2D eigenvalue weighted by molar-refractivity contribution is -0.385. The second-order valence-corrected chi connectivity index (χ2v) is 16.5. The Morgan fingerprint density at radius 3 is 2.24 bits per heavy atom. The Bertz CT molecular complexity index is 1170. The Labute approximate surface area is 222 Å². The van der Waals surface area contributed by atoms with Gasteiger partial charge < -0.3 is 9.33 Å². The smallest absolute Gasteiger partial charge is 0.285 e. The first-order valence-corrected chi connectivity index (χ1v) is 15.4. The van der Waals surface area contributed by atoms with Gasteiger partial charge in [0, 0.05) is 24.1 Å². The normalized spacial score (nSPS) is 16.1. The molecule has 200 valence electrons. The Kier molecular flexibility index (Phi) is 8.62. The fourth-order valence-electron chi connectivity index (χ4n) is 5.89. The fraction of sp³-hybridized carbons (Fsp3) is 0.517. The van der Waals surface area contributed by atoms with Crippen molar-refractivity contribution >= 4 is 25.5 Å². The number of carbonyl (C=O) groups excluding carboxylic acids is 1. The van der Waals surface area contributed by atoms with Gasteiger partial charge in [-0.2, -0.15) is 0 Å². The molecule has 3 rings (SSSR count). The van der Waals surface area contributed by atoms with Gasteiger partial charge in [0.25, 0.3) is 19.9 Å². The molecule has 0 saturated heterocycles. The Morgan fingerprint density at radius 2 is 1.76 bits per heavy atom. The summed E-state index contributed by atoms with van der Waals surface area (Å²) in [6, 6.07) is 7.00. The van der Waals surface area contributed by atoms with Gasteiger partial charge in [-0.25, -0.2) is 0 Å². The molecule has 37 heavy (non-hydrogen) atoms. The number of nitro benzene ring substituents is 1. The van der Waals surface area contributed by atoms with E-state index in [9.17, 15) is 14.9 Å². The van der Waals surface area contributed by atoms with E-state index in [0.717, 1.165) is 28.8 Å². The van der Waals surface area contributed by atoms with Crippen LogP contribution in [-0.4, -0.2) is 35.1 Å².